The highest BCUT2D eigenvalue weighted by atomic mass is 32.2. The summed E-state index contributed by atoms with van der Waals surface area (Å²) in [6, 6.07) is 14.2. The van der Waals surface area contributed by atoms with E-state index in [0.29, 0.717) is 12.4 Å². The Morgan fingerprint density at radius 3 is 2.64 bits per heavy atom. The molecule has 1 aromatic carbocycles. The van der Waals surface area contributed by atoms with Crippen LogP contribution < -0.4 is 0 Å². The van der Waals surface area contributed by atoms with E-state index in [1.54, 1.807) is 18.0 Å². The zero-order chi connectivity index (χ0) is 17.6. The van der Waals surface area contributed by atoms with E-state index in [0.717, 1.165) is 21.2 Å². The Hall–Kier alpha value is -2.60. The maximum absolute atomic E-state index is 9.04. The number of hydrogen-bond donors (Lipinski definition) is 1. The maximum Gasteiger partial charge on any atom is 0.156 e. The first kappa shape index (κ1) is 17.2. The minimum absolute atomic E-state index is 0.257. The van der Waals surface area contributed by atoms with Crippen LogP contribution >= 0.6 is 11.8 Å². The third kappa shape index (κ3) is 4.09. The summed E-state index contributed by atoms with van der Waals surface area (Å²) in [6.07, 6.45) is 4.98. The highest BCUT2D eigenvalue weighted by molar-refractivity contribution is 7.99. The van der Waals surface area contributed by atoms with Crippen LogP contribution in [0.3, 0.4) is 0 Å². The smallest absolute Gasteiger partial charge is 0.156 e. The number of aromatic nitrogens is 3. The Labute approximate surface area is 151 Å². The molecule has 3 rings (SSSR count). The summed E-state index contributed by atoms with van der Waals surface area (Å²) in [6.45, 7) is 4.85. The maximum atomic E-state index is 9.04. The molecule has 3 aromatic rings. The van der Waals surface area contributed by atoms with Gasteiger partial charge in [-0.15, -0.1) is 0 Å². The lowest BCUT2D eigenvalue weighted by molar-refractivity contribution is 0.321. The van der Waals surface area contributed by atoms with Crippen molar-refractivity contribution in [3.05, 3.63) is 71.9 Å². The Morgan fingerprint density at radius 1 is 1.20 bits per heavy atom. The first-order chi connectivity index (χ1) is 12.2. The van der Waals surface area contributed by atoms with Gasteiger partial charge in [-0.2, -0.15) is 0 Å². The lowest BCUT2D eigenvalue weighted by Gasteiger charge is -2.12. The molecule has 128 valence electrons. The van der Waals surface area contributed by atoms with Crippen LogP contribution in [0.1, 0.15) is 36.8 Å². The van der Waals surface area contributed by atoms with E-state index in [2.05, 4.69) is 40.7 Å². The van der Waals surface area contributed by atoms with Gasteiger partial charge in [-0.25, -0.2) is 4.98 Å². The van der Waals surface area contributed by atoms with Crippen LogP contribution in [0.2, 0.25) is 0 Å². The number of benzene rings is 1. The molecule has 5 nitrogen and oxygen atoms in total. The van der Waals surface area contributed by atoms with E-state index in [1.807, 2.05) is 36.5 Å². The number of oxime groups is 1. The molecule has 2 aromatic heterocycles. The summed E-state index contributed by atoms with van der Waals surface area (Å²) >= 11 is 1.67. The largest absolute Gasteiger partial charge is 0.411 e. The Kier molecular flexibility index (Phi) is 5.50. The summed E-state index contributed by atoms with van der Waals surface area (Å²) in [7, 11) is 0. The fourth-order valence-electron chi connectivity index (χ4n) is 2.53. The van der Waals surface area contributed by atoms with Crippen molar-refractivity contribution in [2.24, 2.45) is 5.16 Å². The van der Waals surface area contributed by atoms with E-state index in [1.165, 1.54) is 6.21 Å². The predicted octanol–water partition coefficient (Wildman–Crippen LogP) is 4.41. The summed E-state index contributed by atoms with van der Waals surface area (Å²) in [5.74, 6) is 0.890. The summed E-state index contributed by atoms with van der Waals surface area (Å²) in [5.41, 5.74) is 2.06. The average Bonchev–Trinajstić information content (AvgIpc) is 2.95. The molecule has 0 radical (unpaired) electrons. The molecule has 0 saturated carbocycles. The molecule has 1 N–H and O–H groups in total. The number of imidazole rings is 1. The van der Waals surface area contributed by atoms with Crippen LogP contribution in [0.4, 0.5) is 0 Å². The van der Waals surface area contributed by atoms with Crippen LogP contribution in [-0.2, 0) is 6.54 Å². The highest BCUT2D eigenvalue weighted by Crippen LogP contribution is 2.34. The topological polar surface area (TPSA) is 63.3 Å². The van der Waals surface area contributed by atoms with Crippen LogP contribution in [0.25, 0.3) is 0 Å². The van der Waals surface area contributed by atoms with Crippen molar-refractivity contribution in [3.8, 4) is 0 Å². The quantitative estimate of drug-likeness (QED) is 0.405. The molecule has 2 heterocycles. The second-order valence-electron chi connectivity index (χ2n) is 5.92. The van der Waals surface area contributed by atoms with Gasteiger partial charge in [0.05, 0.1) is 12.2 Å². The van der Waals surface area contributed by atoms with Crippen molar-refractivity contribution in [2.75, 3.05) is 0 Å². The number of hydrogen-bond acceptors (Lipinski definition) is 5. The van der Waals surface area contributed by atoms with Crippen molar-refractivity contribution in [1.82, 2.24) is 14.5 Å². The minimum Gasteiger partial charge on any atom is -0.411 e. The molecule has 0 aliphatic heterocycles. The molecule has 0 aliphatic rings. The van der Waals surface area contributed by atoms with Crippen LogP contribution in [0, 0.1) is 0 Å². The predicted molar refractivity (Wildman–Crippen MR) is 99.6 cm³/mol. The Balaban J connectivity index is 2.08. The Morgan fingerprint density at radius 2 is 2.00 bits per heavy atom. The molecule has 0 aliphatic carbocycles. The highest BCUT2D eigenvalue weighted by Gasteiger charge is 2.20. The average molecular weight is 352 g/mol. The zero-order valence-corrected chi connectivity index (χ0v) is 15.0. The van der Waals surface area contributed by atoms with Crippen LogP contribution in [0.5, 0.6) is 0 Å². The van der Waals surface area contributed by atoms with E-state index in [4.69, 9.17) is 10.2 Å². The van der Waals surface area contributed by atoms with E-state index in [9.17, 15) is 0 Å². The second kappa shape index (κ2) is 7.98. The van der Waals surface area contributed by atoms with Gasteiger partial charge in [0.1, 0.15) is 11.2 Å². The molecule has 25 heavy (non-hydrogen) atoms. The van der Waals surface area contributed by atoms with Crippen molar-refractivity contribution in [3.63, 3.8) is 0 Å². The van der Waals surface area contributed by atoms with E-state index < -0.39 is 0 Å². The van der Waals surface area contributed by atoms with Gasteiger partial charge in [0, 0.05) is 17.3 Å². The van der Waals surface area contributed by atoms with Gasteiger partial charge in [0.25, 0.3) is 0 Å². The molecular weight excluding hydrogens is 332 g/mol. The third-order valence-corrected chi connectivity index (χ3v) is 4.85. The molecular formula is C19H20N4OS. The van der Waals surface area contributed by atoms with Crippen LogP contribution in [0.15, 0.2) is 69.9 Å². The minimum atomic E-state index is 0.257. The van der Waals surface area contributed by atoms with E-state index >= 15 is 0 Å². The van der Waals surface area contributed by atoms with Gasteiger partial charge < -0.3 is 9.77 Å². The van der Waals surface area contributed by atoms with Crippen LogP contribution in [-0.4, -0.2) is 26.0 Å². The molecule has 0 fully saturated rings. The summed E-state index contributed by atoms with van der Waals surface area (Å²) in [4.78, 5) is 10.0. The molecule has 0 spiro atoms. The van der Waals surface area contributed by atoms with Gasteiger partial charge in [0.15, 0.2) is 5.82 Å². The van der Waals surface area contributed by atoms with E-state index in [-0.39, 0.29) is 5.92 Å². The van der Waals surface area contributed by atoms with Gasteiger partial charge in [-0.3, -0.25) is 4.98 Å². The van der Waals surface area contributed by atoms with Crippen molar-refractivity contribution in [2.45, 2.75) is 36.2 Å². The number of rotatable bonds is 6. The van der Waals surface area contributed by atoms with Gasteiger partial charge in [-0.1, -0.05) is 55.0 Å². The fourth-order valence-corrected chi connectivity index (χ4v) is 3.71. The molecule has 0 amide bonds. The van der Waals surface area contributed by atoms with Crippen molar-refractivity contribution < 1.29 is 5.21 Å². The Bertz CT molecular complexity index is 845. The summed E-state index contributed by atoms with van der Waals surface area (Å²) < 4.78 is 2.07. The third-order valence-electron chi connectivity index (χ3n) is 3.72. The molecule has 0 unspecified atom stereocenters. The lowest BCUT2D eigenvalue weighted by Crippen LogP contribution is -2.06. The first-order valence-electron chi connectivity index (χ1n) is 8.08. The van der Waals surface area contributed by atoms with Gasteiger partial charge >= 0.3 is 0 Å². The standard InChI is InChI=1S/C19H20N4OS/c1-14(2)18-19(25-16-8-4-3-5-9-16)23(17(22-18)12-21-24)13-15-7-6-10-20-11-15/h3-12,14,24H,13H2,1-2H3/b21-12+. The van der Waals surface area contributed by atoms with Gasteiger partial charge in [0.2, 0.25) is 0 Å². The number of nitrogens with zero attached hydrogens (tertiary/aromatic N) is 4. The fraction of sp³-hybridized carbons (Fsp3) is 0.211. The summed E-state index contributed by atoms with van der Waals surface area (Å²) in [5, 5.41) is 13.3. The lowest BCUT2D eigenvalue weighted by atomic mass is 10.1. The second-order valence-corrected chi connectivity index (χ2v) is 6.98. The number of pyridine rings is 1. The van der Waals surface area contributed by atoms with Crippen molar-refractivity contribution in [1.29, 1.82) is 0 Å². The normalized spacial score (nSPS) is 11.5. The molecule has 0 atom stereocenters. The van der Waals surface area contributed by atoms with Crippen molar-refractivity contribution >= 4 is 18.0 Å². The monoisotopic (exact) mass is 352 g/mol. The molecule has 0 saturated heterocycles. The van der Waals surface area contributed by atoms with Gasteiger partial charge in [-0.05, 0) is 29.7 Å². The molecule has 0 bridgehead atoms. The molecule has 6 heteroatoms. The SMILES string of the molecule is CC(C)c1nc(/C=N/O)n(Cc2cccnc2)c1Sc1ccccc1. The zero-order valence-electron chi connectivity index (χ0n) is 14.2. The first-order valence-corrected chi connectivity index (χ1v) is 8.90.